The van der Waals surface area contributed by atoms with Crippen LogP contribution in [0.2, 0.25) is 0 Å². The van der Waals surface area contributed by atoms with Gasteiger partial charge in [0.25, 0.3) is 0 Å². The maximum Gasteiger partial charge on any atom is 0.190 e. The first-order chi connectivity index (χ1) is 11.3. The van der Waals surface area contributed by atoms with Crippen LogP contribution in [0, 0.1) is 0 Å². The van der Waals surface area contributed by atoms with Crippen molar-refractivity contribution in [2.75, 3.05) is 46.4 Å². The molecular weight excluding hydrogens is 288 g/mol. The maximum absolute atomic E-state index is 5.56. The fraction of sp³-hybridized carbons (Fsp3) is 0.944. The van der Waals surface area contributed by atoms with Crippen LogP contribution in [0.3, 0.4) is 0 Å². The lowest BCUT2D eigenvalue weighted by Gasteiger charge is -2.33. The molecule has 5 nitrogen and oxygen atoms in total. The Hall–Kier alpha value is -0.810. The molecule has 5 heteroatoms. The highest BCUT2D eigenvalue weighted by Crippen LogP contribution is 2.15. The Bertz CT molecular complexity index is 309. The lowest BCUT2D eigenvalue weighted by Crippen LogP contribution is -2.41. The molecule has 1 heterocycles. The number of unbranched alkanes of at least 4 members (excludes halogenated alkanes) is 1. The zero-order valence-electron chi connectivity index (χ0n) is 15.6. The standard InChI is InChI=1S/C18H38N4O/c1-4-5-15-23-16-9-12-21-18(19-3)20-11-8-14-22-13-7-6-10-17(22)2/h17H,4-16H2,1-3H3,(H2,19,20,21). The van der Waals surface area contributed by atoms with E-state index in [1.54, 1.807) is 0 Å². The number of ether oxygens (including phenoxy) is 1. The second kappa shape index (κ2) is 13.6. The van der Waals surface area contributed by atoms with E-state index in [1.165, 1.54) is 45.2 Å². The van der Waals surface area contributed by atoms with Crippen LogP contribution in [0.5, 0.6) is 0 Å². The molecule has 1 aliphatic rings. The van der Waals surface area contributed by atoms with E-state index in [1.807, 2.05) is 7.05 Å². The predicted molar refractivity (Wildman–Crippen MR) is 99.2 cm³/mol. The number of guanidine groups is 1. The first-order valence-electron chi connectivity index (χ1n) is 9.54. The van der Waals surface area contributed by atoms with Crippen molar-refractivity contribution in [2.45, 2.75) is 64.8 Å². The van der Waals surface area contributed by atoms with Gasteiger partial charge in [-0.25, -0.2) is 0 Å². The smallest absolute Gasteiger partial charge is 0.190 e. The van der Waals surface area contributed by atoms with Gasteiger partial charge in [0.15, 0.2) is 5.96 Å². The van der Waals surface area contributed by atoms with Crippen LogP contribution in [0.25, 0.3) is 0 Å². The maximum atomic E-state index is 5.56. The molecule has 1 unspecified atom stereocenters. The molecule has 0 aromatic rings. The van der Waals surface area contributed by atoms with E-state index in [-0.39, 0.29) is 0 Å². The SMILES string of the molecule is CCCCOCCCNC(=NC)NCCCN1CCCCC1C. The summed E-state index contributed by atoms with van der Waals surface area (Å²) in [4.78, 5) is 6.89. The highest BCUT2D eigenvalue weighted by Gasteiger charge is 2.16. The van der Waals surface area contributed by atoms with Crippen LogP contribution >= 0.6 is 0 Å². The fourth-order valence-corrected chi connectivity index (χ4v) is 2.93. The number of nitrogens with one attached hydrogen (secondary N) is 2. The molecule has 0 aromatic carbocycles. The summed E-state index contributed by atoms with van der Waals surface area (Å²) in [5.41, 5.74) is 0. The number of likely N-dealkylation sites (tertiary alicyclic amines) is 1. The third-order valence-electron chi connectivity index (χ3n) is 4.48. The molecule has 0 aliphatic carbocycles. The van der Waals surface area contributed by atoms with Gasteiger partial charge < -0.3 is 20.3 Å². The summed E-state index contributed by atoms with van der Waals surface area (Å²) in [5.74, 6) is 0.908. The highest BCUT2D eigenvalue weighted by atomic mass is 16.5. The Morgan fingerprint density at radius 3 is 2.57 bits per heavy atom. The van der Waals surface area contributed by atoms with Crippen LogP contribution in [0.4, 0.5) is 0 Å². The number of piperidine rings is 1. The molecular formula is C18H38N4O. The van der Waals surface area contributed by atoms with Gasteiger partial charge >= 0.3 is 0 Å². The monoisotopic (exact) mass is 326 g/mol. The molecule has 0 spiro atoms. The Kier molecular flexibility index (Phi) is 12.0. The molecule has 136 valence electrons. The van der Waals surface area contributed by atoms with E-state index < -0.39 is 0 Å². The number of aliphatic imine (C=N–C) groups is 1. The largest absolute Gasteiger partial charge is 0.381 e. The number of hydrogen-bond donors (Lipinski definition) is 2. The van der Waals surface area contributed by atoms with Crippen LogP contribution in [0.1, 0.15) is 58.8 Å². The van der Waals surface area contributed by atoms with Gasteiger partial charge in [-0.15, -0.1) is 0 Å². The van der Waals surface area contributed by atoms with Crippen LogP contribution < -0.4 is 10.6 Å². The highest BCUT2D eigenvalue weighted by molar-refractivity contribution is 5.79. The second-order valence-electron chi connectivity index (χ2n) is 6.48. The summed E-state index contributed by atoms with van der Waals surface area (Å²) in [7, 11) is 1.83. The van der Waals surface area contributed by atoms with E-state index in [9.17, 15) is 0 Å². The van der Waals surface area contributed by atoms with Crippen molar-refractivity contribution in [3.05, 3.63) is 0 Å². The number of nitrogens with zero attached hydrogens (tertiary/aromatic N) is 2. The van der Waals surface area contributed by atoms with E-state index in [0.29, 0.717) is 0 Å². The van der Waals surface area contributed by atoms with Crippen LogP contribution in [-0.2, 0) is 4.74 Å². The van der Waals surface area contributed by atoms with E-state index in [0.717, 1.165) is 51.1 Å². The lowest BCUT2D eigenvalue weighted by molar-refractivity contribution is 0.129. The summed E-state index contributed by atoms with van der Waals surface area (Å²) in [6.07, 6.45) is 8.67. The molecule has 1 atom stereocenters. The third kappa shape index (κ3) is 9.82. The second-order valence-corrected chi connectivity index (χ2v) is 6.48. The Morgan fingerprint density at radius 2 is 1.87 bits per heavy atom. The predicted octanol–water partition coefficient (Wildman–Crippen LogP) is 2.62. The molecule has 2 N–H and O–H groups in total. The minimum atomic E-state index is 0.758. The Labute approximate surface area is 143 Å². The molecule has 1 fully saturated rings. The molecule has 1 saturated heterocycles. The quantitative estimate of drug-likeness (QED) is 0.348. The summed E-state index contributed by atoms with van der Waals surface area (Å²) in [6, 6.07) is 0.758. The van der Waals surface area contributed by atoms with Gasteiger partial charge in [-0.2, -0.15) is 0 Å². The fourth-order valence-electron chi connectivity index (χ4n) is 2.93. The summed E-state index contributed by atoms with van der Waals surface area (Å²) < 4.78 is 5.56. The normalized spacial score (nSPS) is 19.8. The van der Waals surface area contributed by atoms with E-state index >= 15 is 0 Å². The molecule has 1 aliphatic heterocycles. The van der Waals surface area contributed by atoms with Gasteiger partial charge in [-0.05, 0) is 45.6 Å². The number of hydrogen-bond acceptors (Lipinski definition) is 3. The molecule has 0 amide bonds. The average Bonchev–Trinajstić information content (AvgIpc) is 2.57. The Morgan fingerprint density at radius 1 is 1.13 bits per heavy atom. The van der Waals surface area contributed by atoms with Gasteiger partial charge in [0.1, 0.15) is 0 Å². The summed E-state index contributed by atoms with van der Waals surface area (Å²) in [6.45, 7) is 10.6. The van der Waals surface area contributed by atoms with Gasteiger partial charge in [0, 0.05) is 45.9 Å². The zero-order chi connectivity index (χ0) is 16.8. The zero-order valence-corrected chi connectivity index (χ0v) is 15.6. The van der Waals surface area contributed by atoms with Gasteiger partial charge in [-0.1, -0.05) is 19.8 Å². The van der Waals surface area contributed by atoms with Crippen molar-refractivity contribution < 1.29 is 4.74 Å². The summed E-state index contributed by atoms with van der Waals surface area (Å²) in [5, 5.41) is 6.76. The van der Waals surface area contributed by atoms with Crippen LogP contribution in [0.15, 0.2) is 4.99 Å². The van der Waals surface area contributed by atoms with Crippen molar-refractivity contribution in [3.8, 4) is 0 Å². The summed E-state index contributed by atoms with van der Waals surface area (Å²) >= 11 is 0. The minimum absolute atomic E-state index is 0.758. The first kappa shape index (κ1) is 20.2. The van der Waals surface area contributed by atoms with Crippen molar-refractivity contribution in [1.82, 2.24) is 15.5 Å². The lowest BCUT2D eigenvalue weighted by atomic mass is 10.0. The number of rotatable bonds is 11. The molecule has 0 bridgehead atoms. The van der Waals surface area contributed by atoms with E-state index in [2.05, 4.69) is 34.4 Å². The van der Waals surface area contributed by atoms with Gasteiger partial charge in [-0.3, -0.25) is 4.99 Å². The average molecular weight is 327 g/mol. The topological polar surface area (TPSA) is 48.9 Å². The minimum Gasteiger partial charge on any atom is -0.381 e. The first-order valence-corrected chi connectivity index (χ1v) is 9.54. The molecule has 0 radical (unpaired) electrons. The van der Waals surface area contributed by atoms with Crippen LogP contribution in [-0.4, -0.2) is 63.3 Å². The molecule has 0 aromatic heterocycles. The van der Waals surface area contributed by atoms with Crippen molar-refractivity contribution in [2.24, 2.45) is 4.99 Å². The molecule has 0 saturated carbocycles. The molecule has 1 rings (SSSR count). The van der Waals surface area contributed by atoms with Crippen molar-refractivity contribution >= 4 is 5.96 Å². The third-order valence-corrected chi connectivity index (χ3v) is 4.48. The van der Waals surface area contributed by atoms with Crippen molar-refractivity contribution in [3.63, 3.8) is 0 Å². The van der Waals surface area contributed by atoms with Gasteiger partial charge in [0.2, 0.25) is 0 Å². The Balaban J connectivity index is 1.99. The van der Waals surface area contributed by atoms with Crippen molar-refractivity contribution in [1.29, 1.82) is 0 Å². The molecule has 23 heavy (non-hydrogen) atoms. The van der Waals surface area contributed by atoms with Gasteiger partial charge in [0.05, 0.1) is 0 Å². The van der Waals surface area contributed by atoms with E-state index in [4.69, 9.17) is 4.74 Å².